The lowest BCUT2D eigenvalue weighted by molar-refractivity contribution is 0.106. The molecule has 2 aromatic rings. The summed E-state index contributed by atoms with van der Waals surface area (Å²) in [6.45, 7) is 12.6. The van der Waals surface area contributed by atoms with Gasteiger partial charge in [-0.3, -0.25) is 0 Å². The molecule has 2 rings (SSSR count). The molecule has 0 radical (unpaired) electrons. The van der Waals surface area contributed by atoms with Gasteiger partial charge in [-0.15, -0.1) is 0 Å². The smallest absolute Gasteiger partial charge is 0.222 e. The molecule has 0 amide bonds. The third-order valence-electron chi connectivity index (χ3n) is 4.04. The number of nitrogens with zero attached hydrogens (tertiary/aromatic N) is 2. The van der Waals surface area contributed by atoms with Crippen LogP contribution in [0.1, 0.15) is 6.92 Å². The van der Waals surface area contributed by atoms with Crippen molar-refractivity contribution in [3.8, 4) is 17.0 Å². The molecular weight excluding hydrogens is 394 g/mol. The summed E-state index contributed by atoms with van der Waals surface area (Å²) in [5.41, 5.74) is 13.8. The van der Waals surface area contributed by atoms with E-state index in [4.69, 9.17) is 25.7 Å². The zero-order valence-corrected chi connectivity index (χ0v) is 18.0. The molecule has 5 N–H and O–H groups in total. The second-order valence-electron chi connectivity index (χ2n) is 6.45. The molecule has 0 fully saturated rings. The van der Waals surface area contributed by atoms with E-state index in [1.165, 1.54) is 0 Å². The maximum Gasteiger partial charge on any atom is 0.222 e. The lowest BCUT2D eigenvalue weighted by atomic mass is 10.1. The van der Waals surface area contributed by atoms with Gasteiger partial charge in [0.15, 0.2) is 0 Å². The molecule has 1 heterocycles. The van der Waals surface area contributed by atoms with Gasteiger partial charge in [0.25, 0.3) is 0 Å². The van der Waals surface area contributed by atoms with Crippen molar-refractivity contribution in [2.24, 2.45) is 5.73 Å². The highest BCUT2D eigenvalue weighted by atomic mass is 16.5. The molecule has 0 spiro atoms. The molecular formula is C23H31N5O3. The van der Waals surface area contributed by atoms with Gasteiger partial charge in [0.1, 0.15) is 23.9 Å². The van der Waals surface area contributed by atoms with Crippen LogP contribution in [0.3, 0.4) is 0 Å². The normalized spacial score (nSPS) is 11.1. The molecule has 1 aromatic heterocycles. The summed E-state index contributed by atoms with van der Waals surface area (Å²) < 4.78 is 16.4. The second-order valence-corrected chi connectivity index (χ2v) is 6.45. The Kier molecular flexibility index (Phi) is 10.1. The predicted octanol–water partition coefficient (Wildman–Crippen LogP) is 3.15. The van der Waals surface area contributed by atoms with Gasteiger partial charge in [-0.25, -0.2) is 4.98 Å². The van der Waals surface area contributed by atoms with E-state index in [0.717, 1.165) is 11.1 Å². The molecule has 0 unspecified atom stereocenters. The van der Waals surface area contributed by atoms with Crippen LogP contribution in [-0.2, 0) is 9.47 Å². The first kappa shape index (κ1) is 23.9. The summed E-state index contributed by atoms with van der Waals surface area (Å²) >= 11 is 0. The van der Waals surface area contributed by atoms with Crippen molar-refractivity contribution < 1.29 is 14.2 Å². The van der Waals surface area contributed by atoms with Gasteiger partial charge in [0.2, 0.25) is 5.95 Å². The van der Waals surface area contributed by atoms with E-state index in [2.05, 4.69) is 28.4 Å². The van der Waals surface area contributed by atoms with Crippen molar-refractivity contribution in [1.29, 1.82) is 0 Å². The number of anilines is 2. The lowest BCUT2D eigenvalue weighted by Gasteiger charge is -2.11. The Balaban J connectivity index is 2.07. The van der Waals surface area contributed by atoms with E-state index in [0.29, 0.717) is 62.5 Å². The third kappa shape index (κ3) is 8.49. The topological polar surface area (TPSA) is 118 Å². The molecule has 8 heteroatoms. The number of nitrogen functional groups attached to an aromatic ring is 1. The molecule has 1 aromatic carbocycles. The summed E-state index contributed by atoms with van der Waals surface area (Å²) in [5.74, 6) is 2.06. The van der Waals surface area contributed by atoms with Gasteiger partial charge in [0, 0.05) is 24.7 Å². The van der Waals surface area contributed by atoms with Gasteiger partial charge >= 0.3 is 0 Å². The van der Waals surface area contributed by atoms with Crippen molar-refractivity contribution >= 4 is 11.8 Å². The van der Waals surface area contributed by atoms with Crippen molar-refractivity contribution in [2.45, 2.75) is 6.92 Å². The minimum absolute atomic E-state index is 0.171. The van der Waals surface area contributed by atoms with Crippen molar-refractivity contribution in [3.63, 3.8) is 0 Å². The second kappa shape index (κ2) is 13.0. The Bertz CT molecular complexity index is 899. The third-order valence-corrected chi connectivity index (χ3v) is 4.04. The molecule has 0 saturated carbocycles. The van der Waals surface area contributed by atoms with Crippen LogP contribution in [0.15, 0.2) is 67.0 Å². The highest BCUT2D eigenvalue weighted by Crippen LogP contribution is 2.25. The number of nitrogens with one attached hydrogen (secondary N) is 1. The van der Waals surface area contributed by atoms with Gasteiger partial charge in [0.05, 0.1) is 25.5 Å². The van der Waals surface area contributed by atoms with E-state index in [-0.39, 0.29) is 5.95 Å². The Morgan fingerprint density at radius 3 is 2.77 bits per heavy atom. The Labute approximate surface area is 183 Å². The number of rotatable bonds is 14. The minimum Gasteiger partial charge on any atom is -0.495 e. The minimum atomic E-state index is 0.171. The summed E-state index contributed by atoms with van der Waals surface area (Å²) in [6, 6.07) is 9.44. The molecule has 31 heavy (non-hydrogen) atoms. The van der Waals surface area contributed by atoms with Crippen LogP contribution in [0.25, 0.3) is 11.3 Å². The molecule has 166 valence electrons. The number of ether oxygens (including phenoxy) is 3. The van der Waals surface area contributed by atoms with Crippen LogP contribution in [0.2, 0.25) is 0 Å². The summed E-state index contributed by atoms with van der Waals surface area (Å²) in [6.07, 6.45) is 3.56. The number of allylic oxidation sites excluding steroid dienone is 1. The average Bonchev–Trinajstić information content (AvgIpc) is 2.76. The molecule has 0 saturated heterocycles. The van der Waals surface area contributed by atoms with Crippen LogP contribution in [-0.4, -0.2) is 49.5 Å². The zero-order valence-electron chi connectivity index (χ0n) is 18.0. The molecule has 0 aliphatic rings. The number of aromatic nitrogens is 2. The van der Waals surface area contributed by atoms with Crippen molar-refractivity contribution in [3.05, 3.63) is 67.0 Å². The average molecular weight is 426 g/mol. The van der Waals surface area contributed by atoms with E-state index in [1.807, 2.05) is 43.3 Å². The Morgan fingerprint density at radius 1 is 1.19 bits per heavy atom. The van der Waals surface area contributed by atoms with Gasteiger partial charge < -0.3 is 31.0 Å². The zero-order chi connectivity index (χ0) is 22.5. The molecule has 0 aliphatic heterocycles. The van der Waals surface area contributed by atoms with Gasteiger partial charge in [-0.1, -0.05) is 31.4 Å². The monoisotopic (exact) mass is 425 g/mol. The maximum absolute atomic E-state index is 5.93. The predicted molar refractivity (Wildman–Crippen MR) is 125 cm³/mol. The van der Waals surface area contributed by atoms with E-state index in [1.54, 1.807) is 6.08 Å². The number of hydrogen-bond donors (Lipinski definition) is 3. The fourth-order valence-electron chi connectivity index (χ4n) is 2.66. The van der Waals surface area contributed by atoms with E-state index >= 15 is 0 Å². The van der Waals surface area contributed by atoms with E-state index < -0.39 is 0 Å². The summed E-state index contributed by atoms with van der Waals surface area (Å²) in [7, 11) is 0. The molecule has 0 atom stereocenters. The highest BCUT2D eigenvalue weighted by Gasteiger charge is 2.07. The van der Waals surface area contributed by atoms with Crippen LogP contribution >= 0.6 is 0 Å². The standard InChI is InChI=1S/C23H31N5O3/c1-4-18(13-17(3)30-5-2)16-26-22-15-21(27-23(25)28-22)19-7-6-8-20(14-19)31-12-11-29-10-9-24/h4,6-8,13-15H,1,3,5,9-12,16,24H2,2H3,(H3,25,26,27,28)/b18-13+. The first-order chi connectivity index (χ1) is 15.0. The summed E-state index contributed by atoms with van der Waals surface area (Å²) in [4.78, 5) is 8.61. The largest absolute Gasteiger partial charge is 0.495 e. The highest BCUT2D eigenvalue weighted by molar-refractivity contribution is 5.65. The SMILES string of the molecule is C=C/C(=C\C(=C)OCC)CNc1cc(-c2cccc(OCCOCCN)c2)nc(N)n1. The van der Waals surface area contributed by atoms with Crippen LogP contribution < -0.4 is 21.5 Å². The summed E-state index contributed by atoms with van der Waals surface area (Å²) in [5, 5.41) is 3.24. The van der Waals surface area contributed by atoms with Gasteiger partial charge in [-0.2, -0.15) is 4.98 Å². The molecule has 0 aliphatic carbocycles. The van der Waals surface area contributed by atoms with Crippen LogP contribution in [0.4, 0.5) is 11.8 Å². The van der Waals surface area contributed by atoms with Crippen LogP contribution in [0.5, 0.6) is 5.75 Å². The Hall–Kier alpha value is -3.36. The number of benzene rings is 1. The van der Waals surface area contributed by atoms with Crippen molar-refractivity contribution in [2.75, 3.05) is 50.6 Å². The lowest BCUT2D eigenvalue weighted by Crippen LogP contribution is -2.13. The maximum atomic E-state index is 5.93. The van der Waals surface area contributed by atoms with E-state index in [9.17, 15) is 0 Å². The van der Waals surface area contributed by atoms with Gasteiger partial charge in [-0.05, 0) is 30.7 Å². The first-order valence-electron chi connectivity index (χ1n) is 10.1. The fraction of sp³-hybridized carbons (Fsp3) is 0.304. The quantitative estimate of drug-likeness (QED) is 0.240. The van der Waals surface area contributed by atoms with Crippen LogP contribution in [0, 0.1) is 0 Å². The molecule has 0 bridgehead atoms. The number of hydrogen-bond acceptors (Lipinski definition) is 8. The fourth-order valence-corrected chi connectivity index (χ4v) is 2.66. The van der Waals surface area contributed by atoms with Crippen molar-refractivity contribution in [1.82, 2.24) is 9.97 Å². The molecule has 8 nitrogen and oxygen atoms in total. The first-order valence-corrected chi connectivity index (χ1v) is 10.1. The number of nitrogens with two attached hydrogens (primary N) is 2. The Morgan fingerprint density at radius 2 is 2.03 bits per heavy atom.